The van der Waals surface area contributed by atoms with E-state index >= 15 is 0 Å². The van der Waals surface area contributed by atoms with Crippen molar-refractivity contribution >= 4 is 38.4 Å². The average Bonchev–Trinajstić information content (AvgIpc) is 2.64. The van der Waals surface area contributed by atoms with Gasteiger partial charge in [0.25, 0.3) is 0 Å². The molecule has 1 aliphatic rings. The highest BCUT2D eigenvalue weighted by Crippen LogP contribution is 2.31. The van der Waals surface area contributed by atoms with Gasteiger partial charge in [0.2, 0.25) is 5.91 Å². The van der Waals surface area contributed by atoms with Crippen LogP contribution in [0.3, 0.4) is 0 Å². The molecule has 0 atom stereocenters. The van der Waals surface area contributed by atoms with Crippen LogP contribution in [0, 0.1) is 13.8 Å². The number of fused-ring (bicyclic) bond motifs is 1. The summed E-state index contributed by atoms with van der Waals surface area (Å²) in [6.45, 7) is 6.26. The molecule has 1 aromatic carbocycles. The number of nitrogens with one attached hydrogen (secondary N) is 1. The zero-order valence-corrected chi connectivity index (χ0v) is 17.2. The largest absolute Gasteiger partial charge is 0.384 e. The number of halogens is 1. The Morgan fingerprint density at radius 3 is 2.77 bits per heavy atom. The van der Waals surface area contributed by atoms with Gasteiger partial charge in [-0.05, 0) is 50.5 Å². The highest BCUT2D eigenvalue weighted by molar-refractivity contribution is 9.10. The second-order valence-corrected chi connectivity index (χ2v) is 7.82. The molecule has 140 valence electrons. The Bertz CT molecular complexity index is 801. The summed E-state index contributed by atoms with van der Waals surface area (Å²) in [5, 5.41) is 4.88. The number of hydrogen-bond donors (Lipinski definition) is 1. The molecule has 0 radical (unpaired) electrons. The topological polar surface area (TPSA) is 54.5 Å². The molecule has 1 saturated heterocycles. The number of methoxy groups -OCH3 is 1. The van der Waals surface area contributed by atoms with E-state index in [1.807, 2.05) is 17.0 Å². The Kier molecular flexibility index (Phi) is 6.14. The Morgan fingerprint density at radius 1 is 1.35 bits per heavy atom. The predicted octanol–water partition coefficient (Wildman–Crippen LogP) is 4.05. The molecule has 1 aromatic heterocycles. The maximum atomic E-state index is 12.1. The van der Waals surface area contributed by atoms with Crippen LogP contribution in [0.15, 0.2) is 22.7 Å². The normalized spacial score (nSPS) is 15.5. The first-order chi connectivity index (χ1) is 12.5. The monoisotopic (exact) mass is 419 g/mol. The molecular formula is C20H26BrN3O2. The molecule has 0 aliphatic carbocycles. The van der Waals surface area contributed by atoms with E-state index in [1.165, 1.54) is 5.56 Å². The van der Waals surface area contributed by atoms with E-state index in [4.69, 9.17) is 9.72 Å². The number of pyridine rings is 1. The Labute approximate surface area is 163 Å². The number of amides is 1. The smallest absolute Gasteiger partial charge is 0.224 e. The van der Waals surface area contributed by atoms with Crippen LogP contribution in [-0.2, 0) is 9.53 Å². The molecule has 5 nitrogen and oxygen atoms in total. The van der Waals surface area contributed by atoms with Crippen LogP contribution in [0.5, 0.6) is 0 Å². The lowest BCUT2D eigenvalue weighted by Crippen LogP contribution is -2.42. The molecule has 1 amide bonds. The Morgan fingerprint density at radius 2 is 2.08 bits per heavy atom. The lowest BCUT2D eigenvalue weighted by molar-refractivity contribution is -0.133. The summed E-state index contributed by atoms with van der Waals surface area (Å²) < 4.78 is 6.06. The molecule has 1 N–H and O–H groups in total. The van der Waals surface area contributed by atoms with Crippen molar-refractivity contribution in [3.63, 3.8) is 0 Å². The van der Waals surface area contributed by atoms with Gasteiger partial charge in [-0.2, -0.15) is 0 Å². The molecule has 0 unspecified atom stereocenters. The first-order valence-corrected chi connectivity index (χ1v) is 9.88. The van der Waals surface area contributed by atoms with Gasteiger partial charge in [-0.1, -0.05) is 15.9 Å². The van der Waals surface area contributed by atoms with Gasteiger partial charge in [-0.3, -0.25) is 9.78 Å². The highest BCUT2D eigenvalue weighted by atomic mass is 79.9. The number of anilines is 1. The molecule has 26 heavy (non-hydrogen) atoms. The molecule has 6 heteroatoms. The van der Waals surface area contributed by atoms with Crippen molar-refractivity contribution in [1.82, 2.24) is 9.88 Å². The maximum absolute atomic E-state index is 12.1. The van der Waals surface area contributed by atoms with Crippen LogP contribution < -0.4 is 5.32 Å². The quantitative estimate of drug-likeness (QED) is 0.793. The van der Waals surface area contributed by atoms with Gasteiger partial charge in [0.15, 0.2) is 0 Å². The van der Waals surface area contributed by atoms with Crippen molar-refractivity contribution in [2.75, 3.05) is 32.1 Å². The standard InChI is InChI=1S/C20H26BrN3O2/c1-13-14(2)22-18-5-4-15(21)12-17(18)20(13)23-16-6-9-24(10-7-16)19(25)8-11-26-3/h4-5,12,16H,6-11H2,1-3H3,(H,22,23). The minimum atomic E-state index is 0.190. The zero-order chi connectivity index (χ0) is 18.7. The van der Waals surface area contributed by atoms with Gasteiger partial charge in [0.05, 0.1) is 18.5 Å². The predicted molar refractivity (Wildman–Crippen MR) is 109 cm³/mol. The fourth-order valence-electron chi connectivity index (χ4n) is 3.46. The van der Waals surface area contributed by atoms with Gasteiger partial charge < -0.3 is 15.0 Å². The fraction of sp³-hybridized carbons (Fsp3) is 0.500. The van der Waals surface area contributed by atoms with Crippen molar-refractivity contribution in [2.45, 2.75) is 39.2 Å². The number of aromatic nitrogens is 1. The van der Waals surface area contributed by atoms with Gasteiger partial charge in [-0.25, -0.2) is 0 Å². The summed E-state index contributed by atoms with van der Waals surface area (Å²) in [6, 6.07) is 6.57. The van der Waals surface area contributed by atoms with Crippen LogP contribution in [0.4, 0.5) is 5.69 Å². The van der Waals surface area contributed by atoms with E-state index in [-0.39, 0.29) is 5.91 Å². The summed E-state index contributed by atoms with van der Waals surface area (Å²) in [7, 11) is 1.63. The summed E-state index contributed by atoms with van der Waals surface area (Å²) in [4.78, 5) is 18.8. The number of nitrogens with zero attached hydrogens (tertiary/aromatic N) is 2. The lowest BCUT2D eigenvalue weighted by atomic mass is 10.0. The maximum Gasteiger partial charge on any atom is 0.224 e. The number of rotatable bonds is 5. The molecular weight excluding hydrogens is 394 g/mol. The fourth-order valence-corrected chi connectivity index (χ4v) is 3.83. The number of hydrogen-bond acceptors (Lipinski definition) is 4. The first kappa shape index (κ1) is 19.1. The summed E-state index contributed by atoms with van der Waals surface area (Å²) in [6.07, 6.45) is 2.37. The van der Waals surface area contributed by atoms with E-state index in [2.05, 4.69) is 41.2 Å². The van der Waals surface area contributed by atoms with Crippen LogP contribution in [-0.4, -0.2) is 48.6 Å². The average molecular weight is 420 g/mol. The molecule has 1 fully saturated rings. The minimum absolute atomic E-state index is 0.190. The van der Waals surface area contributed by atoms with Gasteiger partial charge >= 0.3 is 0 Å². The molecule has 2 heterocycles. The van der Waals surface area contributed by atoms with Gasteiger partial charge in [0.1, 0.15) is 0 Å². The second-order valence-electron chi connectivity index (χ2n) is 6.90. The highest BCUT2D eigenvalue weighted by Gasteiger charge is 2.23. The molecule has 3 rings (SSSR count). The molecule has 0 saturated carbocycles. The molecule has 2 aromatic rings. The van der Waals surface area contributed by atoms with E-state index in [9.17, 15) is 4.79 Å². The van der Waals surface area contributed by atoms with Crippen LogP contribution in [0.1, 0.15) is 30.5 Å². The Hall–Kier alpha value is -1.66. The van der Waals surface area contributed by atoms with Gasteiger partial charge in [0, 0.05) is 47.5 Å². The van der Waals surface area contributed by atoms with Crippen molar-refractivity contribution in [1.29, 1.82) is 0 Å². The van der Waals surface area contributed by atoms with Crippen molar-refractivity contribution in [3.05, 3.63) is 33.9 Å². The number of piperidine rings is 1. The number of benzene rings is 1. The van der Waals surface area contributed by atoms with Crippen molar-refractivity contribution < 1.29 is 9.53 Å². The third-order valence-electron chi connectivity index (χ3n) is 5.15. The second kappa shape index (κ2) is 8.35. The Balaban J connectivity index is 1.73. The van der Waals surface area contributed by atoms with E-state index in [0.717, 1.165) is 52.7 Å². The SMILES string of the molecule is COCCC(=O)N1CCC(Nc2c(C)c(C)nc3ccc(Br)cc23)CC1. The molecule has 0 bridgehead atoms. The first-order valence-electron chi connectivity index (χ1n) is 9.09. The number of likely N-dealkylation sites (tertiary alicyclic amines) is 1. The van der Waals surface area contributed by atoms with Crippen LogP contribution >= 0.6 is 15.9 Å². The van der Waals surface area contributed by atoms with E-state index in [0.29, 0.717) is 19.1 Å². The number of carbonyl (C=O) groups is 1. The summed E-state index contributed by atoms with van der Waals surface area (Å²) >= 11 is 3.57. The van der Waals surface area contributed by atoms with Crippen molar-refractivity contribution in [2.24, 2.45) is 0 Å². The zero-order valence-electron chi connectivity index (χ0n) is 15.6. The summed E-state index contributed by atoms with van der Waals surface area (Å²) in [5.41, 5.74) is 4.41. The number of carbonyl (C=O) groups excluding carboxylic acids is 1. The minimum Gasteiger partial charge on any atom is -0.384 e. The number of ether oxygens (including phenoxy) is 1. The third kappa shape index (κ3) is 4.18. The van der Waals surface area contributed by atoms with Crippen molar-refractivity contribution in [3.8, 4) is 0 Å². The van der Waals surface area contributed by atoms with E-state index < -0.39 is 0 Å². The summed E-state index contributed by atoms with van der Waals surface area (Å²) in [5.74, 6) is 0.190. The molecule has 1 aliphatic heterocycles. The van der Waals surface area contributed by atoms with E-state index in [1.54, 1.807) is 7.11 Å². The third-order valence-corrected chi connectivity index (χ3v) is 5.64. The van der Waals surface area contributed by atoms with Crippen LogP contribution in [0.25, 0.3) is 10.9 Å². The molecule has 0 spiro atoms. The van der Waals surface area contributed by atoms with Gasteiger partial charge in [-0.15, -0.1) is 0 Å². The van der Waals surface area contributed by atoms with Crippen LogP contribution in [0.2, 0.25) is 0 Å². The number of aryl methyl sites for hydroxylation is 1. The lowest BCUT2D eigenvalue weighted by Gasteiger charge is -2.33.